The summed E-state index contributed by atoms with van der Waals surface area (Å²) in [5.41, 5.74) is 2.90. The molecule has 1 aromatic heterocycles. The van der Waals surface area contributed by atoms with E-state index < -0.39 is 0 Å². The first-order valence-corrected chi connectivity index (χ1v) is 7.97. The van der Waals surface area contributed by atoms with Gasteiger partial charge in [0.15, 0.2) is 5.76 Å². The topological polar surface area (TPSA) is 44.5 Å². The molecule has 4 nitrogen and oxygen atoms in total. The van der Waals surface area contributed by atoms with E-state index in [1.54, 1.807) is 20.4 Å². The zero-order chi connectivity index (χ0) is 17.2. The third kappa shape index (κ3) is 2.62. The molecule has 0 saturated heterocycles. The highest BCUT2D eigenvalue weighted by Crippen LogP contribution is 2.39. The summed E-state index contributed by atoms with van der Waals surface area (Å²) in [6.07, 6.45) is 1.74. The van der Waals surface area contributed by atoms with Crippen LogP contribution in [0.1, 0.15) is 0 Å². The Bertz CT molecular complexity index is 1040. The molecule has 0 saturated carbocycles. The minimum atomic E-state index is 0.729. The van der Waals surface area contributed by atoms with Crippen molar-refractivity contribution in [2.24, 2.45) is 0 Å². The maximum atomic E-state index is 5.63. The minimum Gasteiger partial charge on any atom is -0.497 e. The normalized spacial score (nSPS) is 10.8. The highest BCUT2D eigenvalue weighted by Gasteiger charge is 2.17. The minimum absolute atomic E-state index is 0.729. The number of benzene rings is 3. The lowest BCUT2D eigenvalue weighted by atomic mass is 9.97. The van der Waals surface area contributed by atoms with Gasteiger partial charge in [-0.05, 0) is 35.2 Å². The predicted molar refractivity (Wildman–Crippen MR) is 98.0 cm³/mol. The molecule has 0 unspecified atom stereocenters. The summed E-state index contributed by atoms with van der Waals surface area (Å²) in [6, 6.07) is 19.9. The monoisotopic (exact) mass is 331 g/mol. The summed E-state index contributed by atoms with van der Waals surface area (Å²) in [5, 5.41) is 6.13. The van der Waals surface area contributed by atoms with Gasteiger partial charge in [0.1, 0.15) is 11.5 Å². The lowest BCUT2D eigenvalue weighted by Crippen LogP contribution is -1.88. The Kier molecular flexibility index (Phi) is 3.86. The molecular formula is C21H17NO3. The van der Waals surface area contributed by atoms with Crippen molar-refractivity contribution in [1.82, 2.24) is 5.16 Å². The van der Waals surface area contributed by atoms with Crippen LogP contribution in [-0.2, 0) is 0 Å². The van der Waals surface area contributed by atoms with Gasteiger partial charge in [-0.25, -0.2) is 0 Å². The van der Waals surface area contributed by atoms with Crippen LogP contribution in [0.15, 0.2) is 71.4 Å². The van der Waals surface area contributed by atoms with E-state index in [1.807, 2.05) is 54.6 Å². The molecule has 0 spiro atoms. The molecule has 4 aromatic rings. The Hall–Kier alpha value is -3.27. The fourth-order valence-corrected chi connectivity index (χ4v) is 3.08. The van der Waals surface area contributed by atoms with Gasteiger partial charge in [0.25, 0.3) is 0 Å². The summed E-state index contributed by atoms with van der Waals surface area (Å²) in [4.78, 5) is 0. The van der Waals surface area contributed by atoms with Gasteiger partial charge < -0.3 is 14.0 Å². The molecule has 25 heavy (non-hydrogen) atoms. The second kappa shape index (κ2) is 6.32. The fraction of sp³-hybridized carbons (Fsp3) is 0.0952. The molecule has 1 heterocycles. The van der Waals surface area contributed by atoms with Crippen LogP contribution in [0.25, 0.3) is 33.2 Å². The van der Waals surface area contributed by atoms with Crippen molar-refractivity contribution >= 4 is 10.8 Å². The van der Waals surface area contributed by atoms with Crippen molar-refractivity contribution in [3.05, 3.63) is 66.9 Å². The predicted octanol–water partition coefficient (Wildman–Crippen LogP) is 5.18. The standard InChI is InChI=1S/C21H17NO3/c1-23-15-7-5-6-14(12-15)19-13-22-25-21(19)18-10-11-20(24-2)17-9-4-3-8-16(17)18/h3-13H,1-2H3. The number of nitrogens with zero attached hydrogens (tertiary/aromatic N) is 1. The summed E-state index contributed by atoms with van der Waals surface area (Å²) in [6.45, 7) is 0. The van der Waals surface area contributed by atoms with E-state index in [9.17, 15) is 0 Å². The summed E-state index contributed by atoms with van der Waals surface area (Å²) in [5.74, 6) is 2.36. The molecule has 0 amide bonds. The van der Waals surface area contributed by atoms with Gasteiger partial charge in [-0.15, -0.1) is 0 Å². The van der Waals surface area contributed by atoms with Gasteiger partial charge >= 0.3 is 0 Å². The molecule has 4 heteroatoms. The molecule has 0 atom stereocenters. The Morgan fingerprint density at radius 1 is 0.800 bits per heavy atom. The van der Waals surface area contributed by atoms with E-state index in [2.05, 4.69) is 11.2 Å². The first kappa shape index (κ1) is 15.3. The van der Waals surface area contributed by atoms with E-state index in [0.717, 1.165) is 44.7 Å². The van der Waals surface area contributed by atoms with Gasteiger partial charge in [-0.3, -0.25) is 0 Å². The Morgan fingerprint density at radius 2 is 1.64 bits per heavy atom. The van der Waals surface area contributed by atoms with Crippen molar-refractivity contribution in [2.45, 2.75) is 0 Å². The van der Waals surface area contributed by atoms with E-state index >= 15 is 0 Å². The Labute approximate surface area is 145 Å². The highest BCUT2D eigenvalue weighted by atomic mass is 16.5. The maximum absolute atomic E-state index is 5.63. The molecule has 0 aliphatic rings. The molecule has 124 valence electrons. The smallest absolute Gasteiger partial charge is 0.175 e. The van der Waals surface area contributed by atoms with Crippen LogP contribution in [0, 0.1) is 0 Å². The molecule has 0 radical (unpaired) electrons. The first-order chi connectivity index (χ1) is 12.3. The number of fused-ring (bicyclic) bond motifs is 1. The lowest BCUT2D eigenvalue weighted by molar-refractivity contribution is 0.415. The zero-order valence-corrected chi connectivity index (χ0v) is 14.0. The molecule has 0 aliphatic carbocycles. The number of methoxy groups -OCH3 is 2. The van der Waals surface area contributed by atoms with E-state index in [1.165, 1.54) is 0 Å². The Balaban J connectivity index is 1.93. The first-order valence-electron chi connectivity index (χ1n) is 7.97. The quantitative estimate of drug-likeness (QED) is 0.517. The third-order valence-corrected chi connectivity index (χ3v) is 4.30. The van der Waals surface area contributed by atoms with Crippen LogP contribution in [0.5, 0.6) is 11.5 Å². The second-order valence-corrected chi connectivity index (χ2v) is 5.66. The summed E-state index contributed by atoms with van der Waals surface area (Å²) >= 11 is 0. The molecule has 0 aliphatic heterocycles. The number of hydrogen-bond acceptors (Lipinski definition) is 4. The zero-order valence-electron chi connectivity index (χ0n) is 14.0. The van der Waals surface area contributed by atoms with Gasteiger partial charge in [0.05, 0.1) is 20.4 Å². The lowest BCUT2D eigenvalue weighted by Gasteiger charge is -2.10. The van der Waals surface area contributed by atoms with E-state index in [4.69, 9.17) is 14.0 Å². The second-order valence-electron chi connectivity index (χ2n) is 5.66. The maximum Gasteiger partial charge on any atom is 0.175 e. The number of rotatable bonds is 4. The van der Waals surface area contributed by atoms with Crippen LogP contribution < -0.4 is 9.47 Å². The van der Waals surface area contributed by atoms with Crippen LogP contribution in [0.2, 0.25) is 0 Å². The summed E-state index contributed by atoms with van der Waals surface area (Å²) < 4.78 is 16.4. The average Bonchev–Trinajstić information content (AvgIpc) is 3.16. The van der Waals surface area contributed by atoms with E-state index in [0.29, 0.717) is 0 Å². The van der Waals surface area contributed by atoms with Crippen LogP contribution >= 0.6 is 0 Å². The van der Waals surface area contributed by atoms with Crippen molar-refractivity contribution in [1.29, 1.82) is 0 Å². The number of ether oxygens (including phenoxy) is 2. The van der Waals surface area contributed by atoms with Crippen molar-refractivity contribution < 1.29 is 14.0 Å². The molecule has 0 fully saturated rings. The fourth-order valence-electron chi connectivity index (χ4n) is 3.08. The number of hydrogen-bond donors (Lipinski definition) is 0. The Morgan fingerprint density at radius 3 is 2.44 bits per heavy atom. The van der Waals surface area contributed by atoms with Gasteiger partial charge in [-0.1, -0.05) is 41.6 Å². The van der Waals surface area contributed by atoms with Crippen molar-refractivity contribution in [3.63, 3.8) is 0 Å². The molecule has 0 N–H and O–H groups in total. The third-order valence-electron chi connectivity index (χ3n) is 4.30. The average molecular weight is 331 g/mol. The molecule has 4 rings (SSSR count). The van der Waals surface area contributed by atoms with Crippen molar-refractivity contribution in [3.8, 4) is 33.9 Å². The van der Waals surface area contributed by atoms with Crippen LogP contribution in [0.4, 0.5) is 0 Å². The van der Waals surface area contributed by atoms with Crippen LogP contribution in [-0.4, -0.2) is 19.4 Å². The van der Waals surface area contributed by atoms with Crippen LogP contribution in [0.3, 0.4) is 0 Å². The van der Waals surface area contributed by atoms with E-state index in [-0.39, 0.29) is 0 Å². The molecule has 0 bridgehead atoms. The summed E-state index contributed by atoms with van der Waals surface area (Å²) in [7, 11) is 3.34. The van der Waals surface area contributed by atoms with Gasteiger partial charge in [-0.2, -0.15) is 0 Å². The van der Waals surface area contributed by atoms with Crippen molar-refractivity contribution in [2.75, 3.05) is 14.2 Å². The highest BCUT2D eigenvalue weighted by molar-refractivity contribution is 6.01. The number of aromatic nitrogens is 1. The van der Waals surface area contributed by atoms with Gasteiger partial charge in [0, 0.05) is 16.5 Å². The largest absolute Gasteiger partial charge is 0.497 e. The van der Waals surface area contributed by atoms with Gasteiger partial charge in [0.2, 0.25) is 0 Å². The SMILES string of the molecule is COc1cccc(-c2cnoc2-c2ccc(OC)c3ccccc23)c1. The molecule has 3 aromatic carbocycles. The molecular weight excluding hydrogens is 314 g/mol.